The molecule has 162 valence electrons. The third-order valence-corrected chi connectivity index (χ3v) is 3.85. The summed E-state index contributed by atoms with van der Waals surface area (Å²) < 4.78 is 54.0. The molecule has 2 aromatic carbocycles. The van der Waals surface area contributed by atoms with Gasteiger partial charge in [0, 0.05) is 12.6 Å². The van der Waals surface area contributed by atoms with E-state index in [1.165, 1.54) is 18.2 Å². The van der Waals surface area contributed by atoms with Gasteiger partial charge in [-0.05, 0) is 75.6 Å². The van der Waals surface area contributed by atoms with Gasteiger partial charge in [-0.3, -0.25) is 0 Å². The minimum Gasteiger partial charge on any atom is -0.487 e. The first-order valence-electron chi connectivity index (χ1n) is 9.25. The predicted octanol–water partition coefficient (Wildman–Crippen LogP) is 4.93. The normalized spacial score (nSPS) is 12.8. The fourth-order valence-electron chi connectivity index (χ4n) is 2.28. The van der Waals surface area contributed by atoms with Crippen LogP contribution in [0.4, 0.5) is 13.2 Å². The molecule has 0 aliphatic rings. The lowest BCUT2D eigenvalue weighted by molar-refractivity contribution is -0.138. The van der Waals surface area contributed by atoms with Gasteiger partial charge in [0.25, 0.3) is 0 Å². The first kappa shape index (κ1) is 23.3. The molecule has 0 radical (unpaired) electrons. The number of carbonyl (C=O) groups excluding carboxylic acids is 1. The molecule has 0 saturated carbocycles. The van der Waals surface area contributed by atoms with Crippen molar-refractivity contribution in [2.24, 2.45) is 0 Å². The zero-order chi connectivity index (χ0) is 22.1. The quantitative estimate of drug-likeness (QED) is 0.423. The number of esters is 1. The lowest BCUT2D eigenvalue weighted by Crippen LogP contribution is -2.19. The number of hydrogen-bond acceptors (Lipinski definition) is 5. The van der Waals surface area contributed by atoms with Gasteiger partial charge in [-0.2, -0.15) is 13.2 Å². The van der Waals surface area contributed by atoms with Crippen LogP contribution < -0.4 is 9.47 Å². The van der Waals surface area contributed by atoms with Crippen LogP contribution in [0, 0.1) is 0 Å². The van der Waals surface area contributed by atoms with Crippen LogP contribution in [0.2, 0.25) is 0 Å². The summed E-state index contributed by atoms with van der Waals surface area (Å²) in [5.74, 6) is 0.857. The van der Waals surface area contributed by atoms with E-state index in [0.717, 1.165) is 12.1 Å². The van der Waals surface area contributed by atoms with Gasteiger partial charge in [-0.25, -0.2) is 4.79 Å². The maximum absolute atomic E-state index is 12.6. The molecule has 0 amide bonds. The third kappa shape index (κ3) is 8.16. The Morgan fingerprint density at radius 2 is 1.53 bits per heavy atom. The van der Waals surface area contributed by atoms with Crippen LogP contribution in [-0.4, -0.2) is 44.2 Å². The third-order valence-electron chi connectivity index (χ3n) is 3.85. The van der Waals surface area contributed by atoms with E-state index in [2.05, 4.69) is 0 Å². The molecule has 2 rings (SSSR count). The Morgan fingerprint density at radius 3 is 2.07 bits per heavy atom. The minimum atomic E-state index is -4.38. The zero-order valence-corrected chi connectivity index (χ0v) is 17.0. The minimum absolute atomic E-state index is 0.292. The number of ether oxygens (including phenoxy) is 3. The molecule has 0 fully saturated rings. The summed E-state index contributed by atoms with van der Waals surface area (Å²) in [7, 11) is 3.78. The summed E-state index contributed by atoms with van der Waals surface area (Å²) in [4.78, 5) is 13.5. The smallest absolute Gasteiger partial charge is 0.416 e. The van der Waals surface area contributed by atoms with Crippen molar-refractivity contribution < 1.29 is 32.2 Å². The summed E-state index contributed by atoms with van der Waals surface area (Å²) in [6.07, 6.45) is -1.84. The molecule has 2 aromatic rings. The molecule has 0 aliphatic carbocycles. The lowest BCUT2D eigenvalue weighted by atomic mass is 10.2. The number of carbonyl (C=O) groups is 1. The maximum Gasteiger partial charge on any atom is 0.416 e. The van der Waals surface area contributed by atoms with Crippen molar-refractivity contribution in [3.8, 4) is 17.2 Å². The second kappa shape index (κ2) is 10.7. The fraction of sp³-hybridized carbons (Fsp3) is 0.318. The second-order valence-corrected chi connectivity index (χ2v) is 6.75. The van der Waals surface area contributed by atoms with E-state index in [1.807, 2.05) is 19.0 Å². The molecule has 0 aromatic heterocycles. The van der Waals surface area contributed by atoms with Crippen LogP contribution in [0.25, 0.3) is 0 Å². The van der Waals surface area contributed by atoms with E-state index in [4.69, 9.17) is 14.2 Å². The predicted molar refractivity (Wildman–Crippen MR) is 107 cm³/mol. The zero-order valence-electron chi connectivity index (χ0n) is 17.0. The van der Waals surface area contributed by atoms with Crippen LogP contribution >= 0.6 is 0 Å². The number of halogens is 3. The van der Waals surface area contributed by atoms with Crippen molar-refractivity contribution in [2.45, 2.75) is 19.2 Å². The molecular formula is C22H24F3NO4. The van der Waals surface area contributed by atoms with E-state index in [9.17, 15) is 18.0 Å². The Kier molecular flexibility index (Phi) is 8.29. The highest BCUT2D eigenvalue weighted by Gasteiger charge is 2.30. The van der Waals surface area contributed by atoms with Gasteiger partial charge in [0.05, 0.1) is 5.56 Å². The number of alkyl halides is 3. The van der Waals surface area contributed by atoms with Gasteiger partial charge in [0.2, 0.25) is 0 Å². The maximum atomic E-state index is 12.6. The number of likely N-dealkylation sites (N-methyl/N-ethyl adjacent to an activating group) is 1. The average molecular weight is 423 g/mol. The molecule has 0 N–H and O–H groups in total. The first-order valence-corrected chi connectivity index (χ1v) is 9.25. The highest BCUT2D eigenvalue weighted by Crippen LogP contribution is 2.31. The second-order valence-electron chi connectivity index (χ2n) is 6.75. The van der Waals surface area contributed by atoms with E-state index < -0.39 is 17.7 Å². The van der Waals surface area contributed by atoms with Gasteiger partial charge in [0.15, 0.2) is 0 Å². The van der Waals surface area contributed by atoms with Crippen LogP contribution in [0.5, 0.6) is 17.2 Å². The lowest BCUT2D eigenvalue weighted by Gasteiger charge is -2.12. The molecule has 0 aliphatic heterocycles. The molecular weight excluding hydrogens is 399 g/mol. The molecule has 0 heterocycles. The Morgan fingerprint density at radius 1 is 1.00 bits per heavy atom. The number of hydrogen-bond donors (Lipinski definition) is 0. The summed E-state index contributed by atoms with van der Waals surface area (Å²) in [5, 5.41) is 0. The number of nitrogens with zero attached hydrogens (tertiary/aromatic N) is 1. The standard InChI is InChI=1S/C22H24F3NO4/c1-16(4-13-21(27)28-15-14-26(2)3)29-18-9-11-20(12-10-18)30-19-7-5-17(6-8-19)22(23,24)25/h4-13,16H,14-15H2,1-3H3. The Labute approximate surface area is 173 Å². The molecule has 30 heavy (non-hydrogen) atoms. The van der Waals surface area contributed by atoms with Crippen LogP contribution in [0.3, 0.4) is 0 Å². The molecule has 0 saturated heterocycles. The highest BCUT2D eigenvalue weighted by atomic mass is 19.4. The van der Waals surface area contributed by atoms with Crippen LogP contribution in [0.1, 0.15) is 12.5 Å². The van der Waals surface area contributed by atoms with E-state index in [0.29, 0.717) is 30.4 Å². The van der Waals surface area contributed by atoms with Gasteiger partial charge in [0.1, 0.15) is 30.0 Å². The highest BCUT2D eigenvalue weighted by molar-refractivity contribution is 5.81. The Hall–Kier alpha value is -3.00. The summed E-state index contributed by atoms with van der Waals surface area (Å²) in [6.45, 7) is 2.73. The van der Waals surface area contributed by atoms with Crippen molar-refractivity contribution >= 4 is 5.97 Å². The van der Waals surface area contributed by atoms with Gasteiger partial charge in [-0.15, -0.1) is 0 Å². The Balaban J connectivity index is 1.83. The summed E-state index contributed by atoms with van der Waals surface area (Å²) >= 11 is 0. The van der Waals surface area contributed by atoms with Gasteiger partial charge >= 0.3 is 12.1 Å². The van der Waals surface area contributed by atoms with Gasteiger partial charge < -0.3 is 19.1 Å². The molecule has 0 spiro atoms. The van der Waals surface area contributed by atoms with Crippen LogP contribution in [-0.2, 0) is 15.7 Å². The van der Waals surface area contributed by atoms with Crippen molar-refractivity contribution in [2.75, 3.05) is 27.2 Å². The molecule has 8 heteroatoms. The van der Waals surface area contributed by atoms with Crippen molar-refractivity contribution in [1.29, 1.82) is 0 Å². The average Bonchev–Trinajstić information content (AvgIpc) is 2.67. The monoisotopic (exact) mass is 423 g/mol. The number of benzene rings is 2. The molecule has 1 unspecified atom stereocenters. The molecule has 1 atom stereocenters. The summed E-state index contributed by atoms with van der Waals surface area (Å²) in [6, 6.07) is 11.1. The van der Waals surface area contributed by atoms with Crippen molar-refractivity contribution in [3.05, 3.63) is 66.2 Å². The largest absolute Gasteiger partial charge is 0.487 e. The first-order chi connectivity index (χ1) is 14.1. The SMILES string of the molecule is CC(C=CC(=O)OCCN(C)C)Oc1ccc(Oc2ccc(C(F)(F)F)cc2)cc1. The van der Waals surface area contributed by atoms with Crippen LogP contribution in [0.15, 0.2) is 60.7 Å². The topological polar surface area (TPSA) is 48.0 Å². The molecule has 0 bridgehead atoms. The Bertz CT molecular complexity index is 831. The van der Waals surface area contributed by atoms with Gasteiger partial charge in [-0.1, -0.05) is 0 Å². The molecule has 5 nitrogen and oxygen atoms in total. The van der Waals surface area contributed by atoms with Crippen molar-refractivity contribution in [3.63, 3.8) is 0 Å². The fourth-order valence-corrected chi connectivity index (χ4v) is 2.28. The summed E-state index contributed by atoms with van der Waals surface area (Å²) in [5.41, 5.74) is -0.734. The number of rotatable bonds is 9. The van der Waals surface area contributed by atoms with E-state index in [1.54, 1.807) is 37.3 Å². The van der Waals surface area contributed by atoms with E-state index in [-0.39, 0.29) is 6.10 Å². The van der Waals surface area contributed by atoms with E-state index >= 15 is 0 Å². The van der Waals surface area contributed by atoms with Crippen molar-refractivity contribution in [1.82, 2.24) is 4.90 Å².